The van der Waals surface area contributed by atoms with Gasteiger partial charge in [0, 0.05) is 25.8 Å². The summed E-state index contributed by atoms with van der Waals surface area (Å²) in [5.74, 6) is -0.143. The van der Waals surface area contributed by atoms with E-state index in [0.717, 1.165) is 16.8 Å². The second-order valence-corrected chi connectivity index (χ2v) is 4.52. The molecule has 5 heteroatoms. The maximum Gasteiger partial charge on any atom is 0.363 e. The highest BCUT2D eigenvalue weighted by atomic mass is 16.6. The third-order valence-corrected chi connectivity index (χ3v) is 2.83. The van der Waals surface area contributed by atoms with Crippen molar-refractivity contribution in [3.63, 3.8) is 0 Å². The lowest BCUT2D eigenvalue weighted by Crippen LogP contribution is -2.07. The molecule has 0 amide bonds. The summed E-state index contributed by atoms with van der Waals surface area (Å²) in [7, 11) is 3.97. The largest absolute Gasteiger partial charge is 0.378 e. The van der Waals surface area contributed by atoms with Crippen molar-refractivity contribution in [2.75, 3.05) is 19.0 Å². The first-order valence-electron chi connectivity index (χ1n) is 6.12. The summed E-state index contributed by atoms with van der Waals surface area (Å²) in [6.07, 6.45) is 5.19. The van der Waals surface area contributed by atoms with Crippen LogP contribution in [0.4, 0.5) is 11.5 Å². The molecule has 0 saturated carbocycles. The quantitative estimate of drug-likeness (QED) is 0.631. The Morgan fingerprint density at radius 1 is 1.10 bits per heavy atom. The molecule has 0 fully saturated rings. The van der Waals surface area contributed by atoms with Crippen LogP contribution in [0, 0.1) is 10.1 Å². The Bertz CT molecular complexity index is 634. The van der Waals surface area contributed by atoms with E-state index in [0.29, 0.717) is 0 Å². The molecule has 0 unspecified atom stereocenters. The van der Waals surface area contributed by atoms with Gasteiger partial charge in [0.15, 0.2) is 0 Å². The lowest BCUT2D eigenvalue weighted by molar-refractivity contribution is -0.389. The van der Waals surface area contributed by atoms with E-state index in [2.05, 4.69) is 4.98 Å². The fraction of sp³-hybridized carbons (Fsp3) is 0.133. The summed E-state index contributed by atoms with van der Waals surface area (Å²) < 4.78 is 0. The maximum atomic E-state index is 10.6. The van der Waals surface area contributed by atoms with E-state index in [9.17, 15) is 10.1 Å². The number of aromatic nitrogens is 1. The molecule has 1 heterocycles. The number of hydrogen-bond donors (Lipinski definition) is 0. The molecule has 0 radical (unpaired) electrons. The molecule has 0 spiro atoms. The van der Waals surface area contributed by atoms with Crippen LogP contribution >= 0.6 is 0 Å². The molecule has 20 heavy (non-hydrogen) atoms. The molecule has 2 aromatic rings. The molecule has 0 saturated heterocycles. The number of benzene rings is 1. The van der Waals surface area contributed by atoms with E-state index in [-0.39, 0.29) is 5.82 Å². The maximum absolute atomic E-state index is 10.6. The summed E-state index contributed by atoms with van der Waals surface area (Å²) in [5, 5.41) is 10.6. The first-order chi connectivity index (χ1) is 9.56. The number of nitro groups is 1. The summed E-state index contributed by atoms with van der Waals surface area (Å²) >= 11 is 0. The molecule has 2 rings (SSSR count). The van der Waals surface area contributed by atoms with Gasteiger partial charge in [0.25, 0.3) is 0 Å². The lowest BCUT2D eigenvalue weighted by Gasteiger charge is -2.11. The van der Waals surface area contributed by atoms with Gasteiger partial charge >= 0.3 is 5.82 Å². The van der Waals surface area contributed by atoms with Crippen LogP contribution in [0.25, 0.3) is 12.2 Å². The van der Waals surface area contributed by atoms with Crippen molar-refractivity contribution in [2.24, 2.45) is 0 Å². The molecular formula is C15H15N3O2. The van der Waals surface area contributed by atoms with Crippen molar-refractivity contribution in [3.05, 3.63) is 63.8 Å². The number of rotatable bonds is 4. The zero-order chi connectivity index (χ0) is 14.5. The molecule has 102 valence electrons. The molecule has 0 N–H and O–H groups in total. The van der Waals surface area contributed by atoms with E-state index in [1.807, 2.05) is 55.4 Å². The average Bonchev–Trinajstić information content (AvgIpc) is 2.46. The van der Waals surface area contributed by atoms with Gasteiger partial charge in [-0.3, -0.25) is 0 Å². The van der Waals surface area contributed by atoms with Crippen molar-refractivity contribution in [1.82, 2.24) is 4.98 Å². The Morgan fingerprint density at radius 3 is 2.35 bits per heavy atom. The van der Waals surface area contributed by atoms with Gasteiger partial charge in [0.2, 0.25) is 0 Å². The SMILES string of the molecule is CN(C)c1ccc(/C=C/c2ccnc([N+](=O)[O-])c2)cc1. The van der Waals surface area contributed by atoms with Crippen LogP contribution in [0.5, 0.6) is 0 Å². The monoisotopic (exact) mass is 269 g/mol. The number of hydrogen-bond acceptors (Lipinski definition) is 4. The first-order valence-corrected chi connectivity index (χ1v) is 6.12. The van der Waals surface area contributed by atoms with Crippen LogP contribution in [0.15, 0.2) is 42.6 Å². The van der Waals surface area contributed by atoms with Crippen LogP contribution in [0.3, 0.4) is 0 Å². The number of nitrogens with zero attached hydrogens (tertiary/aromatic N) is 3. The molecule has 1 aromatic heterocycles. The molecule has 0 bridgehead atoms. The predicted octanol–water partition coefficient (Wildman–Crippen LogP) is 3.23. The van der Waals surface area contributed by atoms with Crippen LogP contribution in [0.2, 0.25) is 0 Å². The van der Waals surface area contributed by atoms with Gasteiger partial charge in [-0.05, 0) is 39.2 Å². The number of anilines is 1. The molecule has 0 aliphatic carbocycles. The summed E-state index contributed by atoms with van der Waals surface area (Å²) in [5.41, 5.74) is 2.92. The number of pyridine rings is 1. The second kappa shape index (κ2) is 5.97. The summed E-state index contributed by atoms with van der Waals surface area (Å²) in [4.78, 5) is 15.9. The molecule has 0 aliphatic rings. The topological polar surface area (TPSA) is 59.3 Å². The van der Waals surface area contributed by atoms with Gasteiger partial charge < -0.3 is 15.0 Å². The van der Waals surface area contributed by atoms with Crippen LogP contribution in [0.1, 0.15) is 11.1 Å². The van der Waals surface area contributed by atoms with Gasteiger partial charge in [-0.2, -0.15) is 0 Å². The summed E-state index contributed by atoms with van der Waals surface area (Å²) in [6.45, 7) is 0. The highest BCUT2D eigenvalue weighted by molar-refractivity contribution is 5.70. The fourth-order valence-corrected chi connectivity index (χ4v) is 1.71. The molecular weight excluding hydrogens is 254 g/mol. The van der Waals surface area contributed by atoms with E-state index in [4.69, 9.17) is 0 Å². The van der Waals surface area contributed by atoms with E-state index >= 15 is 0 Å². The highest BCUT2D eigenvalue weighted by Gasteiger charge is 2.05. The van der Waals surface area contributed by atoms with Crippen molar-refractivity contribution in [2.45, 2.75) is 0 Å². The minimum atomic E-state index is -0.497. The Hall–Kier alpha value is -2.69. The van der Waals surface area contributed by atoms with E-state index in [1.165, 1.54) is 12.3 Å². The molecule has 0 aliphatic heterocycles. The highest BCUT2D eigenvalue weighted by Crippen LogP contribution is 2.16. The smallest absolute Gasteiger partial charge is 0.363 e. The van der Waals surface area contributed by atoms with Crippen LogP contribution in [-0.2, 0) is 0 Å². The Balaban J connectivity index is 2.16. The fourth-order valence-electron chi connectivity index (χ4n) is 1.71. The summed E-state index contributed by atoms with van der Waals surface area (Å²) in [6, 6.07) is 11.2. The Kier molecular flexibility index (Phi) is 4.10. The molecule has 5 nitrogen and oxygen atoms in total. The minimum absolute atomic E-state index is 0.143. The Morgan fingerprint density at radius 2 is 1.75 bits per heavy atom. The van der Waals surface area contributed by atoms with Crippen molar-refractivity contribution >= 4 is 23.7 Å². The minimum Gasteiger partial charge on any atom is -0.378 e. The van der Waals surface area contributed by atoms with E-state index < -0.39 is 4.92 Å². The average molecular weight is 269 g/mol. The van der Waals surface area contributed by atoms with Gasteiger partial charge in [-0.15, -0.1) is 0 Å². The standard InChI is InChI=1S/C15H15N3O2/c1-17(2)14-7-5-12(6-8-14)3-4-13-9-10-16-15(11-13)18(19)20/h3-11H,1-2H3/b4-3+. The second-order valence-electron chi connectivity index (χ2n) is 4.52. The van der Waals surface area contributed by atoms with Crippen LogP contribution < -0.4 is 4.90 Å². The van der Waals surface area contributed by atoms with Gasteiger partial charge in [0.05, 0.1) is 0 Å². The third-order valence-electron chi connectivity index (χ3n) is 2.83. The third kappa shape index (κ3) is 3.41. The van der Waals surface area contributed by atoms with Crippen molar-refractivity contribution in [3.8, 4) is 0 Å². The first kappa shape index (κ1) is 13.7. The lowest BCUT2D eigenvalue weighted by atomic mass is 10.1. The van der Waals surface area contributed by atoms with Crippen molar-refractivity contribution < 1.29 is 4.92 Å². The zero-order valence-electron chi connectivity index (χ0n) is 11.4. The molecule has 1 aromatic carbocycles. The zero-order valence-corrected chi connectivity index (χ0v) is 11.4. The van der Waals surface area contributed by atoms with Crippen LogP contribution in [-0.4, -0.2) is 24.0 Å². The van der Waals surface area contributed by atoms with Gasteiger partial charge in [-0.25, -0.2) is 0 Å². The Labute approximate surface area is 117 Å². The van der Waals surface area contributed by atoms with Crippen molar-refractivity contribution in [1.29, 1.82) is 0 Å². The normalized spacial score (nSPS) is 10.7. The van der Waals surface area contributed by atoms with Gasteiger partial charge in [-0.1, -0.05) is 24.3 Å². The van der Waals surface area contributed by atoms with Gasteiger partial charge in [0.1, 0.15) is 6.20 Å². The van der Waals surface area contributed by atoms with E-state index in [1.54, 1.807) is 6.07 Å². The predicted molar refractivity (Wildman–Crippen MR) is 80.6 cm³/mol. The molecule has 0 atom stereocenters.